The first-order chi connectivity index (χ1) is 12.3. The number of hydrogen-bond acceptors (Lipinski definition) is 2. The number of aromatic nitrogens is 3. The lowest BCUT2D eigenvalue weighted by Gasteiger charge is -2.14. The van der Waals surface area contributed by atoms with E-state index in [0.717, 1.165) is 23.2 Å². The van der Waals surface area contributed by atoms with Crippen molar-refractivity contribution in [3.63, 3.8) is 0 Å². The lowest BCUT2D eigenvalue weighted by atomic mass is 10.00. The number of hydrogen-bond donors (Lipinski definition) is 0. The van der Waals surface area contributed by atoms with E-state index in [1.54, 1.807) is 16.1 Å². The second-order valence-electron chi connectivity index (χ2n) is 7.39. The fraction of sp³-hybridized carbons (Fsp3) is 0.429. The summed E-state index contributed by atoms with van der Waals surface area (Å²) in [7, 11) is 1.76. The Morgan fingerprint density at radius 1 is 1.19 bits per heavy atom. The van der Waals surface area contributed by atoms with E-state index in [1.165, 1.54) is 5.56 Å². The normalized spacial score (nSPS) is 12.9. The molecule has 2 heterocycles. The van der Waals surface area contributed by atoms with E-state index in [-0.39, 0.29) is 5.56 Å². The SMILES string of the molecule is CCC(C)c1cc(C)n2nc(-c3ccc(C(C)C)cc3Cl)n(C)c(=O)c12. The van der Waals surface area contributed by atoms with Gasteiger partial charge in [-0.05, 0) is 54.5 Å². The molecule has 3 aromatic rings. The van der Waals surface area contributed by atoms with Gasteiger partial charge in [-0.15, -0.1) is 5.10 Å². The number of aryl methyl sites for hydroxylation is 1. The van der Waals surface area contributed by atoms with E-state index in [2.05, 4.69) is 39.8 Å². The fourth-order valence-corrected chi connectivity index (χ4v) is 3.59. The standard InChI is InChI=1S/C21H26ClN3O/c1-7-13(4)17-10-14(5)25-19(17)21(26)24(6)20(23-25)16-9-8-15(12(2)3)11-18(16)22/h8-13H,7H2,1-6H3. The van der Waals surface area contributed by atoms with E-state index in [1.807, 2.05) is 19.1 Å². The van der Waals surface area contributed by atoms with Crippen molar-refractivity contribution in [1.29, 1.82) is 0 Å². The van der Waals surface area contributed by atoms with E-state index in [9.17, 15) is 4.79 Å². The van der Waals surface area contributed by atoms with Crippen LogP contribution in [0.25, 0.3) is 16.9 Å². The molecule has 0 fully saturated rings. The third-order valence-corrected chi connectivity index (χ3v) is 5.56. The lowest BCUT2D eigenvalue weighted by molar-refractivity contribution is 0.728. The Hall–Kier alpha value is -2.07. The average molecular weight is 372 g/mol. The molecule has 0 bridgehead atoms. The Kier molecular flexibility index (Phi) is 4.98. The van der Waals surface area contributed by atoms with Gasteiger partial charge < -0.3 is 0 Å². The maximum atomic E-state index is 13.1. The van der Waals surface area contributed by atoms with Crippen LogP contribution in [0.15, 0.2) is 29.1 Å². The highest BCUT2D eigenvalue weighted by Gasteiger charge is 2.20. The molecule has 5 heteroatoms. The summed E-state index contributed by atoms with van der Waals surface area (Å²) in [5, 5.41) is 5.39. The summed E-state index contributed by atoms with van der Waals surface area (Å²) in [6.07, 6.45) is 0.979. The van der Waals surface area contributed by atoms with Gasteiger partial charge in [-0.2, -0.15) is 0 Å². The van der Waals surface area contributed by atoms with Crippen molar-refractivity contribution in [2.24, 2.45) is 7.05 Å². The summed E-state index contributed by atoms with van der Waals surface area (Å²) in [5.74, 6) is 1.29. The first-order valence-corrected chi connectivity index (χ1v) is 9.53. The Balaban J connectivity index is 2.28. The van der Waals surface area contributed by atoms with Crippen LogP contribution in [0.3, 0.4) is 0 Å². The van der Waals surface area contributed by atoms with Gasteiger partial charge in [0, 0.05) is 18.3 Å². The van der Waals surface area contributed by atoms with Crippen LogP contribution >= 0.6 is 11.6 Å². The molecular weight excluding hydrogens is 346 g/mol. The highest BCUT2D eigenvalue weighted by Crippen LogP contribution is 2.30. The molecule has 0 N–H and O–H groups in total. The van der Waals surface area contributed by atoms with Crippen LogP contribution in [-0.2, 0) is 7.05 Å². The molecule has 4 nitrogen and oxygen atoms in total. The van der Waals surface area contributed by atoms with Crippen LogP contribution in [0.2, 0.25) is 5.02 Å². The maximum Gasteiger partial charge on any atom is 0.278 e. The number of fused-ring (bicyclic) bond motifs is 1. The van der Waals surface area contributed by atoms with Gasteiger partial charge in [-0.1, -0.05) is 45.4 Å². The molecule has 1 unspecified atom stereocenters. The largest absolute Gasteiger partial charge is 0.292 e. The summed E-state index contributed by atoms with van der Waals surface area (Å²) >= 11 is 6.54. The summed E-state index contributed by atoms with van der Waals surface area (Å²) < 4.78 is 3.38. The Morgan fingerprint density at radius 2 is 1.88 bits per heavy atom. The van der Waals surface area contributed by atoms with Crippen LogP contribution in [0.4, 0.5) is 0 Å². The first-order valence-electron chi connectivity index (χ1n) is 9.15. The Labute approximate surface area is 159 Å². The van der Waals surface area contributed by atoms with Gasteiger partial charge in [0.15, 0.2) is 5.82 Å². The first kappa shape index (κ1) is 18.7. The van der Waals surface area contributed by atoms with Crippen molar-refractivity contribution in [1.82, 2.24) is 14.2 Å². The molecule has 0 aliphatic rings. The van der Waals surface area contributed by atoms with Crippen molar-refractivity contribution in [3.8, 4) is 11.4 Å². The van der Waals surface area contributed by atoms with Crippen LogP contribution in [0, 0.1) is 6.92 Å². The third-order valence-electron chi connectivity index (χ3n) is 5.25. The Bertz CT molecular complexity index is 1030. The molecule has 0 radical (unpaired) electrons. The minimum absolute atomic E-state index is 0.0394. The van der Waals surface area contributed by atoms with Crippen molar-refractivity contribution in [3.05, 3.63) is 56.5 Å². The highest BCUT2D eigenvalue weighted by atomic mass is 35.5. The van der Waals surface area contributed by atoms with Crippen LogP contribution in [0.1, 0.15) is 62.8 Å². The zero-order valence-electron chi connectivity index (χ0n) is 16.3. The molecule has 0 saturated heterocycles. The van der Waals surface area contributed by atoms with Gasteiger partial charge in [0.25, 0.3) is 5.56 Å². The highest BCUT2D eigenvalue weighted by molar-refractivity contribution is 6.33. The molecule has 0 aliphatic heterocycles. The molecule has 1 atom stereocenters. The number of nitrogens with zero attached hydrogens (tertiary/aromatic N) is 3. The molecule has 138 valence electrons. The number of rotatable bonds is 4. The molecule has 26 heavy (non-hydrogen) atoms. The second kappa shape index (κ2) is 6.92. The minimum atomic E-state index is -0.0394. The van der Waals surface area contributed by atoms with Crippen molar-refractivity contribution < 1.29 is 0 Å². The van der Waals surface area contributed by atoms with E-state index < -0.39 is 0 Å². The van der Waals surface area contributed by atoms with Gasteiger partial charge in [0.1, 0.15) is 5.52 Å². The number of halogens is 1. The van der Waals surface area contributed by atoms with Crippen molar-refractivity contribution in [2.75, 3.05) is 0 Å². The van der Waals surface area contributed by atoms with E-state index in [4.69, 9.17) is 16.7 Å². The molecule has 0 amide bonds. The van der Waals surface area contributed by atoms with Crippen molar-refractivity contribution >= 4 is 17.1 Å². The summed E-state index contributed by atoms with van der Waals surface area (Å²) in [6, 6.07) is 8.05. The van der Waals surface area contributed by atoms with Gasteiger partial charge in [0.2, 0.25) is 0 Å². The monoisotopic (exact) mass is 371 g/mol. The quantitative estimate of drug-likeness (QED) is 0.624. The molecular formula is C21H26ClN3O. The van der Waals surface area contributed by atoms with E-state index in [0.29, 0.717) is 28.2 Å². The van der Waals surface area contributed by atoms with Gasteiger partial charge >= 0.3 is 0 Å². The predicted octanol–water partition coefficient (Wildman–Crippen LogP) is 5.30. The summed E-state index contributed by atoms with van der Waals surface area (Å²) in [6.45, 7) is 10.5. The second-order valence-corrected chi connectivity index (χ2v) is 7.80. The van der Waals surface area contributed by atoms with Gasteiger partial charge in [-0.25, -0.2) is 4.52 Å². The molecule has 2 aromatic heterocycles. The average Bonchev–Trinajstić information content (AvgIpc) is 2.94. The number of benzene rings is 1. The van der Waals surface area contributed by atoms with Gasteiger partial charge in [0.05, 0.1) is 5.02 Å². The van der Waals surface area contributed by atoms with Crippen LogP contribution < -0.4 is 5.56 Å². The molecule has 1 aromatic carbocycles. The molecule has 0 spiro atoms. The minimum Gasteiger partial charge on any atom is -0.292 e. The summed E-state index contributed by atoms with van der Waals surface area (Å²) in [5.41, 5.74) is 4.59. The Morgan fingerprint density at radius 3 is 2.46 bits per heavy atom. The smallest absolute Gasteiger partial charge is 0.278 e. The summed E-state index contributed by atoms with van der Waals surface area (Å²) in [4.78, 5) is 13.1. The topological polar surface area (TPSA) is 39.3 Å². The zero-order valence-corrected chi connectivity index (χ0v) is 17.1. The molecule has 0 saturated carbocycles. The zero-order chi connectivity index (χ0) is 19.2. The lowest BCUT2D eigenvalue weighted by Crippen LogP contribution is -2.24. The van der Waals surface area contributed by atoms with Crippen molar-refractivity contribution in [2.45, 2.75) is 52.9 Å². The van der Waals surface area contributed by atoms with Crippen LogP contribution in [-0.4, -0.2) is 14.2 Å². The van der Waals surface area contributed by atoms with Crippen LogP contribution in [0.5, 0.6) is 0 Å². The molecule has 3 rings (SSSR count). The van der Waals surface area contributed by atoms with E-state index >= 15 is 0 Å². The molecule has 0 aliphatic carbocycles. The van der Waals surface area contributed by atoms with Gasteiger partial charge in [-0.3, -0.25) is 9.36 Å². The third kappa shape index (κ3) is 2.96. The fourth-order valence-electron chi connectivity index (χ4n) is 3.31. The maximum absolute atomic E-state index is 13.1. The predicted molar refractivity (Wildman–Crippen MR) is 108 cm³/mol.